The summed E-state index contributed by atoms with van der Waals surface area (Å²) in [6.07, 6.45) is 8.29. The van der Waals surface area contributed by atoms with Crippen LogP contribution in [-0.4, -0.2) is 17.6 Å². The standard InChI is InChI=1S/C14H17BrN2/c1-9-7-11(8-17-14(9)15)12-5-4-10-3-2-6-16-13(10)12/h5,7-8,10,13,16H,2-4,6H2,1H3/t10-,13-/m1/s1. The molecule has 0 aromatic carbocycles. The van der Waals surface area contributed by atoms with Gasteiger partial charge in [-0.15, -0.1) is 0 Å². The molecule has 1 N–H and O–H groups in total. The number of nitrogens with one attached hydrogen (secondary N) is 1. The monoisotopic (exact) mass is 292 g/mol. The molecule has 0 radical (unpaired) electrons. The quantitative estimate of drug-likeness (QED) is 0.804. The maximum absolute atomic E-state index is 4.41. The Morgan fingerprint density at radius 3 is 3.18 bits per heavy atom. The summed E-state index contributed by atoms with van der Waals surface area (Å²) in [6, 6.07) is 2.80. The molecule has 2 nitrogen and oxygen atoms in total. The number of aryl methyl sites for hydroxylation is 1. The third kappa shape index (κ3) is 2.06. The highest BCUT2D eigenvalue weighted by Crippen LogP contribution is 2.37. The molecule has 0 bridgehead atoms. The zero-order chi connectivity index (χ0) is 11.8. The van der Waals surface area contributed by atoms with Crippen LogP contribution >= 0.6 is 15.9 Å². The van der Waals surface area contributed by atoms with E-state index in [4.69, 9.17) is 0 Å². The summed E-state index contributed by atoms with van der Waals surface area (Å²) in [5, 5.41) is 3.66. The first kappa shape index (κ1) is 11.4. The number of hydrogen-bond acceptors (Lipinski definition) is 2. The number of halogens is 1. The van der Waals surface area contributed by atoms with E-state index >= 15 is 0 Å². The van der Waals surface area contributed by atoms with Crippen molar-refractivity contribution in [3.63, 3.8) is 0 Å². The molecule has 0 spiro atoms. The minimum atomic E-state index is 0.561. The van der Waals surface area contributed by atoms with E-state index in [0.717, 1.165) is 17.1 Å². The van der Waals surface area contributed by atoms with Gasteiger partial charge in [-0.3, -0.25) is 0 Å². The molecule has 0 saturated carbocycles. The Balaban J connectivity index is 1.91. The van der Waals surface area contributed by atoms with Gasteiger partial charge in [0.05, 0.1) is 0 Å². The second-order valence-corrected chi connectivity index (χ2v) is 5.81. The summed E-state index contributed by atoms with van der Waals surface area (Å²) in [6.45, 7) is 3.25. The Hall–Kier alpha value is -0.670. The highest BCUT2D eigenvalue weighted by molar-refractivity contribution is 9.10. The predicted octanol–water partition coefficient (Wildman–Crippen LogP) is 3.31. The summed E-state index contributed by atoms with van der Waals surface area (Å²) in [5.41, 5.74) is 3.95. The van der Waals surface area contributed by atoms with Crippen LogP contribution in [0.5, 0.6) is 0 Å². The first-order chi connectivity index (χ1) is 8.25. The zero-order valence-electron chi connectivity index (χ0n) is 10.0. The van der Waals surface area contributed by atoms with E-state index in [2.05, 4.69) is 45.3 Å². The van der Waals surface area contributed by atoms with Crippen molar-refractivity contribution in [3.05, 3.63) is 34.1 Å². The van der Waals surface area contributed by atoms with Crippen LogP contribution in [0.4, 0.5) is 0 Å². The van der Waals surface area contributed by atoms with Crippen molar-refractivity contribution in [2.24, 2.45) is 5.92 Å². The van der Waals surface area contributed by atoms with E-state index in [1.807, 2.05) is 6.20 Å². The summed E-state index contributed by atoms with van der Waals surface area (Å²) in [5.74, 6) is 0.808. The molecular weight excluding hydrogens is 276 g/mol. The molecule has 2 aliphatic rings. The molecule has 1 saturated heterocycles. The zero-order valence-corrected chi connectivity index (χ0v) is 11.6. The van der Waals surface area contributed by atoms with E-state index in [-0.39, 0.29) is 0 Å². The lowest BCUT2D eigenvalue weighted by Crippen LogP contribution is -2.39. The van der Waals surface area contributed by atoms with Crippen molar-refractivity contribution in [1.29, 1.82) is 0 Å². The minimum absolute atomic E-state index is 0.561. The van der Waals surface area contributed by atoms with Gasteiger partial charge in [0.25, 0.3) is 0 Å². The Bertz CT molecular complexity index is 467. The molecular formula is C14H17BrN2. The van der Waals surface area contributed by atoms with Gasteiger partial charge in [0.2, 0.25) is 0 Å². The molecule has 1 fully saturated rings. The second-order valence-electron chi connectivity index (χ2n) is 5.06. The lowest BCUT2D eigenvalue weighted by molar-refractivity contribution is 0.346. The van der Waals surface area contributed by atoms with Gasteiger partial charge in [0, 0.05) is 12.2 Å². The van der Waals surface area contributed by atoms with Gasteiger partial charge in [0.15, 0.2) is 0 Å². The van der Waals surface area contributed by atoms with Crippen LogP contribution in [0.15, 0.2) is 22.9 Å². The van der Waals surface area contributed by atoms with Crippen LogP contribution in [0.2, 0.25) is 0 Å². The van der Waals surface area contributed by atoms with Crippen LogP contribution in [0, 0.1) is 12.8 Å². The number of aromatic nitrogens is 1. The lowest BCUT2D eigenvalue weighted by atomic mass is 9.88. The van der Waals surface area contributed by atoms with Crippen molar-refractivity contribution in [1.82, 2.24) is 10.3 Å². The smallest absolute Gasteiger partial charge is 0.109 e. The Labute approximate surface area is 111 Å². The highest BCUT2D eigenvalue weighted by atomic mass is 79.9. The van der Waals surface area contributed by atoms with E-state index in [1.54, 1.807) is 0 Å². The number of hydrogen-bond donors (Lipinski definition) is 1. The van der Waals surface area contributed by atoms with E-state index in [9.17, 15) is 0 Å². The van der Waals surface area contributed by atoms with Gasteiger partial charge in [-0.1, -0.05) is 6.08 Å². The van der Waals surface area contributed by atoms with Crippen LogP contribution in [-0.2, 0) is 0 Å². The molecule has 0 unspecified atom stereocenters. The predicted molar refractivity (Wildman–Crippen MR) is 73.8 cm³/mol. The molecule has 2 heterocycles. The van der Waals surface area contributed by atoms with Crippen molar-refractivity contribution in [3.8, 4) is 0 Å². The minimum Gasteiger partial charge on any atom is -0.310 e. The fraction of sp³-hybridized carbons (Fsp3) is 0.500. The van der Waals surface area contributed by atoms with E-state index < -0.39 is 0 Å². The fourth-order valence-electron chi connectivity index (χ4n) is 2.99. The van der Waals surface area contributed by atoms with E-state index in [0.29, 0.717) is 6.04 Å². The fourth-order valence-corrected chi connectivity index (χ4v) is 3.21. The first-order valence-electron chi connectivity index (χ1n) is 6.31. The van der Waals surface area contributed by atoms with Crippen LogP contribution in [0.1, 0.15) is 30.4 Å². The second kappa shape index (κ2) is 4.54. The third-order valence-corrected chi connectivity index (χ3v) is 4.74. The molecule has 1 aliphatic heterocycles. The van der Waals surface area contributed by atoms with Gasteiger partial charge in [-0.2, -0.15) is 0 Å². The lowest BCUT2D eigenvalue weighted by Gasteiger charge is -2.29. The largest absolute Gasteiger partial charge is 0.310 e. The maximum Gasteiger partial charge on any atom is 0.109 e. The number of piperidine rings is 1. The third-order valence-electron chi connectivity index (χ3n) is 3.91. The average Bonchev–Trinajstić information content (AvgIpc) is 2.76. The molecule has 17 heavy (non-hydrogen) atoms. The molecule has 1 aromatic rings. The van der Waals surface area contributed by atoms with Crippen molar-refractivity contribution in [2.45, 2.75) is 32.2 Å². The van der Waals surface area contributed by atoms with Gasteiger partial charge < -0.3 is 5.32 Å². The molecule has 3 heteroatoms. The molecule has 2 atom stereocenters. The molecule has 0 amide bonds. The number of rotatable bonds is 1. The number of pyridine rings is 1. The average molecular weight is 293 g/mol. The maximum atomic E-state index is 4.41. The van der Waals surface area contributed by atoms with Crippen LogP contribution in [0.25, 0.3) is 5.57 Å². The molecule has 3 rings (SSSR count). The van der Waals surface area contributed by atoms with Gasteiger partial charge in [-0.25, -0.2) is 4.98 Å². The Morgan fingerprint density at radius 1 is 1.47 bits per heavy atom. The Kier molecular flexibility index (Phi) is 3.05. The summed E-state index contributed by atoms with van der Waals surface area (Å²) < 4.78 is 0.952. The number of nitrogens with zero attached hydrogens (tertiary/aromatic N) is 1. The van der Waals surface area contributed by atoms with Gasteiger partial charge >= 0.3 is 0 Å². The molecule has 1 aromatic heterocycles. The van der Waals surface area contributed by atoms with Crippen LogP contribution in [0.3, 0.4) is 0 Å². The number of allylic oxidation sites excluding steroid dienone is 1. The first-order valence-corrected chi connectivity index (χ1v) is 7.11. The summed E-state index contributed by atoms with van der Waals surface area (Å²) in [7, 11) is 0. The molecule has 90 valence electrons. The molecule has 1 aliphatic carbocycles. The van der Waals surface area contributed by atoms with Crippen molar-refractivity contribution >= 4 is 21.5 Å². The van der Waals surface area contributed by atoms with Gasteiger partial charge in [-0.05, 0) is 77.3 Å². The van der Waals surface area contributed by atoms with E-state index in [1.165, 1.54) is 36.0 Å². The summed E-state index contributed by atoms with van der Waals surface area (Å²) in [4.78, 5) is 4.41. The van der Waals surface area contributed by atoms with Gasteiger partial charge in [0.1, 0.15) is 4.60 Å². The van der Waals surface area contributed by atoms with Crippen molar-refractivity contribution in [2.75, 3.05) is 6.54 Å². The van der Waals surface area contributed by atoms with Crippen molar-refractivity contribution < 1.29 is 0 Å². The van der Waals surface area contributed by atoms with Crippen LogP contribution < -0.4 is 5.32 Å². The number of fused-ring (bicyclic) bond motifs is 1. The topological polar surface area (TPSA) is 24.9 Å². The Morgan fingerprint density at radius 2 is 2.35 bits per heavy atom. The highest BCUT2D eigenvalue weighted by Gasteiger charge is 2.32. The summed E-state index contributed by atoms with van der Waals surface area (Å²) >= 11 is 3.46. The normalized spacial score (nSPS) is 27.8. The SMILES string of the molecule is Cc1cc(C2=CC[C@H]3CCCN[C@@H]23)cnc1Br.